The Balaban J connectivity index is 1.46. The van der Waals surface area contributed by atoms with E-state index in [4.69, 9.17) is 22.3 Å². The number of amidine groups is 1. The molecule has 2 aliphatic carbocycles. The van der Waals surface area contributed by atoms with Crippen molar-refractivity contribution in [2.45, 2.75) is 44.0 Å². The number of hydrogen-bond donors (Lipinski definition) is 3. The monoisotopic (exact) mass is 526 g/mol. The summed E-state index contributed by atoms with van der Waals surface area (Å²) in [5.41, 5.74) is 9.57. The molecule has 2 aliphatic heterocycles. The van der Waals surface area contributed by atoms with Crippen molar-refractivity contribution >= 4 is 35.0 Å². The fourth-order valence-electron chi connectivity index (χ4n) is 6.82. The van der Waals surface area contributed by atoms with Crippen LogP contribution in [0.2, 0.25) is 5.02 Å². The van der Waals surface area contributed by atoms with Gasteiger partial charge in [0, 0.05) is 76.4 Å². The molecule has 7 nitrogen and oxygen atoms in total. The Morgan fingerprint density at radius 1 is 1.47 bits per heavy atom. The van der Waals surface area contributed by atoms with Crippen molar-refractivity contribution in [1.29, 1.82) is 0 Å². The number of aliphatic hydroxyl groups is 1. The number of benzene rings is 1. The predicted octanol–water partition coefficient (Wildman–Crippen LogP) is 3.67. The predicted molar refractivity (Wildman–Crippen MR) is 141 cm³/mol. The van der Waals surface area contributed by atoms with Crippen LogP contribution in [-0.4, -0.2) is 58.8 Å². The van der Waals surface area contributed by atoms with Gasteiger partial charge in [-0.25, -0.2) is 9.37 Å². The second-order valence-corrected chi connectivity index (χ2v) is 11.4. The van der Waals surface area contributed by atoms with Crippen LogP contribution in [0.15, 0.2) is 62.8 Å². The van der Waals surface area contributed by atoms with Gasteiger partial charge >= 0.3 is 0 Å². The van der Waals surface area contributed by atoms with Gasteiger partial charge in [-0.05, 0) is 37.0 Å². The Labute approximate surface area is 218 Å². The molecule has 4 N–H and O–H groups in total. The van der Waals surface area contributed by atoms with Crippen molar-refractivity contribution < 1.29 is 9.50 Å². The lowest BCUT2D eigenvalue weighted by molar-refractivity contribution is -0.339. The number of likely N-dealkylation sites (tertiary alicyclic amines) is 1. The quantitative estimate of drug-likeness (QED) is 0.499. The highest BCUT2D eigenvalue weighted by atomic mass is 35.5. The Morgan fingerprint density at radius 3 is 2.97 bits per heavy atom. The van der Waals surface area contributed by atoms with Gasteiger partial charge in [-0.3, -0.25) is 14.9 Å². The lowest BCUT2D eigenvalue weighted by Gasteiger charge is -2.81. The summed E-state index contributed by atoms with van der Waals surface area (Å²) < 4.78 is 13.9. The number of halogens is 2. The van der Waals surface area contributed by atoms with Crippen molar-refractivity contribution in [2.24, 2.45) is 27.1 Å². The van der Waals surface area contributed by atoms with Gasteiger partial charge in [-0.15, -0.1) is 11.3 Å². The highest BCUT2D eigenvalue weighted by Gasteiger charge is 2.77. The van der Waals surface area contributed by atoms with Gasteiger partial charge in [0.05, 0.1) is 6.10 Å². The van der Waals surface area contributed by atoms with E-state index in [-0.39, 0.29) is 16.5 Å². The van der Waals surface area contributed by atoms with E-state index in [0.29, 0.717) is 41.6 Å². The maximum absolute atomic E-state index is 13.9. The van der Waals surface area contributed by atoms with Gasteiger partial charge in [0.25, 0.3) is 0 Å². The van der Waals surface area contributed by atoms with Crippen LogP contribution in [0.5, 0.6) is 0 Å². The van der Waals surface area contributed by atoms with Crippen molar-refractivity contribution in [1.82, 2.24) is 15.2 Å². The van der Waals surface area contributed by atoms with Gasteiger partial charge in [0.2, 0.25) is 0 Å². The van der Waals surface area contributed by atoms with E-state index in [1.807, 2.05) is 5.38 Å². The highest BCUT2D eigenvalue weighted by Crippen LogP contribution is 2.70. The Hall–Kier alpha value is -2.59. The van der Waals surface area contributed by atoms with Crippen LogP contribution in [0, 0.1) is 17.2 Å². The van der Waals surface area contributed by atoms with Gasteiger partial charge in [0.15, 0.2) is 10.8 Å². The fraction of sp³-hybridized carbons (Fsp3) is 0.423. The molecule has 2 saturated carbocycles. The topological polar surface area (TPSA) is 99.1 Å². The van der Waals surface area contributed by atoms with E-state index in [9.17, 15) is 9.50 Å². The Kier molecular flexibility index (Phi) is 5.79. The lowest BCUT2D eigenvalue weighted by atomic mass is 9.38. The zero-order chi connectivity index (χ0) is 25.2. The highest BCUT2D eigenvalue weighted by molar-refractivity contribution is 7.11. The number of hydrogen-bond acceptors (Lipinski definition) is 8. The average molecular weight is 527 g/mol. The van der Waals surface area contributed by atoms with Crippen LogP contribution in [0.25, 0.3) is 0 Å². The minimum Gasteiger partial charge on any atom is -0.398 e. The number of nitrogens with one attached hydrogen (secondary N) is 1. The number of nitrogens with zero attached hydrogens (tertiary/aromatic N) is 4. The molecule has 1 aromatic carbocycles. The molecule has 0 amide bonds. The molecule has 2 aromatic rings. The number of aliphatic imine (C=N–C) groups is 2. The SMILES string of the molecule is CN=CC=C(N)C1=C(CN2C3CC(O)C34C[C@@H](C)C24)NC(c2nccs2)=N[C@H]1c1ccc(F)cc1Cl. The first-order valence-corrected chi connectivity index (χ1v) is 13.4. The smallest absolute Gasteiger partial charge is 0.163 e. The summed E-state index contributed by atoms with van der Waals surface area (Å²) in [4.78, 5) is 16.0. The maximum Gasteiger partial charge on any atom is 0.163 e. The van der Waals surface area contributed by atoms with E-state index in [0.717, 1.165) is 29.1 Å². The van der Waals surface area contributed by atoms with E-state index in [1.54, 1.807) is 31.6 Å². The number of nitrogens with two attached hydrogens (primary N) is 1. The van der Waals surface area contributed by atoms with Crippen molar-refractivity contribution in [3.05, 3.63) is 74.2 Å². The van der Waals surface area contributed by atoms with Crippen LogP contribution in [-0.2, 0) is 0 Å². The summed E-state index contributed by atoms with van der Waals surface area (Å²) in [6, 6.07) is 4.52. The molecular formula is C26H28ClFN6OS. The van der Waals surface area contributed by atoms with Crippen LogP contribution in [0.1, 0.15) is 36.4 Å². The molecule has 1 saturated heterocycles. The van der Waals surface area contributed by atoms with E-state index in [1.165, 1.54) is 23.5 Å². The molecule has 3 fully saturated rings. The van der Waals surface area contributed by atoms with Gasteiger partial charge < -0.3 is 16.2 Å². The van der Waals surface area contributed by atoms with Crippen LogP contribution < -0.4 is 11.1 Å². The summed E-state index contributed by atoms with van der Waals surface area (Å²) in [5.74, 6) is 0.750. The van der Waals surface area contributed by atoms with Gasteiger partial charge in [-0.1, -0.05) is 24.6 Å². The molecule has 10 heteroatoms. The summed E-state index contributed by atoms with van der Waals surface area (Å²) in [6.07, 6.45) is 6.80. The Bertz CT molecular complexity index is 1320. The number of thiazole rings is 1. The zero-order valence-electron chi connectivity index (χ0n) is 20.0. The average Bonchev–Trinajstić information content (AvgIpc) is 3.38. The second kappa shape index (κ2) is 8.76. The molecule has 4 unspecified atom stereocenters. The third-order valence-corrected chi connectivity index (χ3v) is 9.39. The van der Waals surface area contributed by atoms with Crippen molar-refractivity contribution in [2.75, 3.05) is 13.6 Å². The molecule has 4 aliphatic rings. The van der Waals surface area contributed by atoms with Crippen LogP contribution in [0.3, 0.4) is 0 Å². The molecule has 188 valence electrons. The van der Waals surface area contributed by atoms with Crippen molar-refractivity contribution in [3.63, 3.8) is 0 Å². The lowest BCUT2D eigenvalue weighted by Crippen LogP contribution is -2.89. The summed E-state index contributed by atoms with van der Waals surface area (Å²) >= 11 is 8.04. The number of rotatable bonds is 6. The largest absolute Gasteiger partial charge is 0.398 e. The minimum absolute atomic E-state index is 0.0525. The molecule has 1 spiro atoms. The molecule has 3 heterocycles. The summed E-state index contributed by atoms with van der Waals surface area (Å²) in [5, 5.41) is 17.0. The standard InChI is InChI=1S/C26H28ClFN6OS/c1-13-11-26-19(10-20(26)35)34(23(13)26)12-18-21(17(29)5-6-30-2)22(15-4-3-14(28)9-16(15)27)33-24(32-18)25-31-7-8-36-25/h3-9,13,19-20,22-23,35H,10-12,29H2,1-2H3,(H,32,33)/t13-,19?,20?,22+,23?,26?/m1/s1. The molecule has 36 heavy (non-hydrogen) atoms. The minimum atomic E-state index is -0.549. The first-order valence-electron chi connectivity index (χ1n) is 12.1. The van der Waals surface area contributed by atoms with Gasteiger partial charge in [0.1, 0.15) is 11.9 Å². The van der Waals surface area contributed by atoms with E-state index < -0.39 is 11.9 Å². The normalized spacial score (nSPS) is 33.8. The zero-order valence-corrected chi connectivity index (χ0v) is 21.6. The van der Waals surface area contributed by atoms with Gasteiger partial charge in [-0.2, -0.15) is 0 Å². The molecule has 0 bridgehead atoms. The molecule has 6 atom stereocenters. The third kappa shape index (κ3) is 3.40. The summed E-state index contributed by atoms with van der Waals surface area (Å²) in [7, 11) is 1.69. The maximum atomic E-state index is 13.9. The summed E-state index contributed by atoms with van der Waals surface area (Å²) in [6.45, 7) is 2.88. The third-order valence-electron chi connectivity index (χ3n) is 8.28. The Morgan fingerprint density at radius 2 is 2.31 bits per heavy atom. The first-order chi connectivity index (χ1) is 17.3. The number of piperidine rings is 2. The molecular weight excluding hydrogens is 499 g/mol. The van der Waals surface area contributed by atoms with E-state index >= 15 is 0 Å². The second-order valence-electron chi connectivity index (χ2n) is 10.1. The first kappa shape index (κ1) is 23.8. The molecule has 6 rings (SSSR count). The number of allylic oxidation sites excluding steroid dienone is 1. The van der Waals surface area contributed by atoms with Crippen molar-refractivity contribution in [3.8, 4) is 0 Å². The number of aliphatic hydroxyl groups excluding tert-OH is 1. The molecule has 1 aromatic heterocycles. The number of aromatic nitrogens is 1. The fourth-order valence-corrected chi connectivity index (χ4v) is 7.68. The van der Waals surface area contributed by atoms with Crippen LogP contribution in [0.4, 0.5) is 4.39 Å². The van der Waals surface area contributed by atoms with E-state index in [2.05, 4.69) is 27.1 Å². The van der Waals surface area contributed by atoms with Crippen LogP contribution >= 0.6 is 22.9 Å². The molecule has 0 radical (unpaired) electrons.